The van der Waals surface area contributed by atoms with Crippen LogP contribution in [0.3, 0.4) is 0 Å². The lowest BCUT2D eigenvalue weighted by molar-refractivity contribution is -0.135. The van der Waals surface area contributed by atoms with Gasteiger partial charge in [0, 0.05) is 10.5 Å². The smallest absolute Gasteiger partial charge is 0.263 e. The van der Waals surface area contributed by atoms with Gasteiger partial charge in [0.25, 0.3) is 5.91 Å². The Morgan fingerprint density at radius 2 is 1.86 bits per heavy atom. The van der Waals surface area contributed by atoms with Crippen LogP contribution in [-0.4, -0.2) is 42.6 Å². The molecule has 1 aliphatic heterocycles. The molecule has 1 heterocycles. The van der Waals surface area contributed by atoms with Gasteiger partial charge in [-0.15, -0.1) is 0 Å². The van der Waals surface area contributed by atoms with E-state index in [1.807, 2.05) is 24.3 Å². The average molecular weight is 355 g/mol. The van der Waals surface area contributed by atoms with Crippen LogP contribution in [0.4, 0.5) is 0 Å². The highest BCUT2D eigenvalue weighted by Gasteiger charge is 2.32. The second-order valence-corrected chi connectivity index (χ2v) is 7.03. The fourth-order valence-corrected chi connectivity index (χ4v) is 2.62. The van der Waals surface area contributed by atoms with Gasteiger partial charge in [0.05, 0.1) is 0 Å². The fourth-order valence-electron chi connectivity index (χ4n) is 2.36. The van der Waals surface area contributed by atoms with Gasteiger partial charge in [0.2, 0.25) is 0 Å². The molecular weight excluding hydrogens is 332 g/mol. The summed E-state index contributed by atoms with van der Waals surface area (Å²) in [7, 11) is 2.11. The number of amides is 1. The number of hydrogen-bond acceptors (Lipinski definition) is 3. The zero-order valence-electron chi connectivity index (χ0n) is 12.9. The van der Waals surface area contributed by atoms with E-state index in [0.717, 1.165) is 30.4 Å². The first kappa shape index (κ1) is 16.3. The number of carbonyl (C=O) groups excluding carboxylic acids is 1. The highest BCUT2D eigenvalue weighted by Crippen LogP contribution is 2.21. The van der Waals surface area contributed by atoms with E-state index in [2.05, 4.69) is 33.2 Å². The molecule has 1 N–H and O–H groups in total. The molecule has 1 aromatic rings. The summed E-state index contributed by atoms with van der Waals surface area (Å²) in [6.07, 6.45) is 1.99. The molecule has 0 unspecified atom stereocenters. The third-order valence-electron chi connectivity index (χ3n) is 3.79. The number of nitrogens with zero attached hydrogens (tertiary/aromatic N) is 1. The maximum Gasteiger partial charge on any atom is 0.263 e. The highest BCUT2D eigenvalue weighted by molar-refractivity contribution is 9.10. The van der Waals surface area contributed by atoms with E-state index in [1.165, 1.54) is 0 Å². The van der Waals surface area contributed by atoms with Crippen molar-refractivity contribution in [2.45, 2.75) is 38.3 Å². The van der Waals surface area contributed by atoms with Crippen LogP contribution in [0.15, 0.2) is 28.7 Å². The van der Waals surface area contributed by atoms with Gasteiger partial charge >= 0.3 is 0 Å². The molecule has 0 radical (unpaired) electrons. The lowest BCUT2D eigenvalue weighted by Gasteiger charge is -2.32. The number of halogens is 1. The Bertz CT molecular complexity index is 480. The molecule has 116 valence electrons. The molecule has 0 saturated carbocycles. The van der Waals surface area contributed by atoms with Gasteiger partial charge in [0.1, 0.15) is 5.75 Å². The Kier molecular flexibility index (Phi) is 5.27. The topological polar surface area (TPSA) is 41.6 Å². The first-order valence-electron chi connectivity index (χ1n) is 7.31. The van der Waals surface area contributed by atoms with Crippen molar-refractivity contribution in [3.63, 3.8) is 0 Å². The summed E-state index contributed by atoms with van der Waals surface area (Å²) < 4.78 is 6.83. The van der Waals surface area contributed by atoms with Crippen LogP contribution >= 0.6 is 15.9 Å². The second kappa shape index (κ2) is 6.79. The van der Waals surface area contributed by atoms with Crippen molar-refractivity contribution in [3.8, 4) is 5.75 Å². The second-order valence-electron chi connectivity index (χ2n) is 6.12. The van der Waals surface area contributed by atoms with Crippen molar-refractivity contribution < 1.29 is 9.53 Å². The van der Waals surface area contributed by atoms with Gasteiger partial charge in [-0.3, -0.25) is 4.79 Å². The minimum Gasteiger partial charge on any atom is -0.478 e. The Balaban J connectivity index is 1.91. The lowest BCUT2D eigenvalue weighted by atomic mass is 10.0. The zero-order valence-corrected chi connectivity index (χ0v) is 14.4. The molecule has 0 spiro atoms. The van der Waals surface area contributed by atoms with Crippen molar-refractivity contribution in [1.82, 2.24) is 10.2 Å². The Labute approximate surface area is 135 Å². The van der Waals surface area contributed by atoms with Gasteiger partial charge in [-0.1, -0.05) is 15.9 Å². The van der Waals surface area contributed by atoms with E-state index < -0.39 is 5.60 Å². The third kappa shape index (κ3) is 4.71. The van der Waals surface area contributed by atoms with Crippen molar-refractivity contribution >= 4 is 21.8 Å². The molecule has 0 aromatic heterocycles. The average Bonchev–Trinajstić information content (AvgIpc) is 2.43. The quantitative estimate of drug-likeness (QED) is 0.903. The Hall–Kier alpha value is -1.07. The summed E-state index contributed by atoms with van der Waals surface area (Å²) in [6, 6.07) is 7.77. The van der Waals surface area contributed by atoms with Gasteiger partial charge in [-0.05, 0) is 71.1 Å². The fraction of sp³-hybridized carbons (Fsp3) is 0.562. The predicted octanol–water partition coefficient (Wildman–Crippen LogP) is 2.82. The van der Waals surface area contributed by atoms with Gasteiger partial charge in [-0.2, -0.15) is 0 Å². The molecule has 1 saturated heterocycles. The predicted molar refractivity (Wildman–Crippen MR) is 87.5 cm³/mol. The maximum atomic E-state index is 12.4. The molecule has 21 heavy (non-hydrogen) atoms. The summed E-state index contributed by atoms with van der Waals surface area (Å²) in [4.78, 5) is 14.7. The van der Waals surface area contributed by atoms with E-state index in [9.17, 15) is 4.79 Å². The molecule has 4 nitrogen and oxygen atoms in total. The lowest BCUT2D eigenvalue weighted by Crippen LogP contribution is -2.52. The van der Waals surface area contributed by atoms with Gasteiger partial charge in [0.15, 0.2) is 5.60 Å². The number of rotatable bonds is 4. The summed E-state index contributed by atoms with van der Waals surface area (Å²) >= 11 is 3.39. The molecule has 0 bridgehead atoms. The molecule has 5 heteroatoms. The minimum absolute atomic E-state index is 0.0556. The SMILES string of the molecule is CN1CCC(NC(=O)C(C)(C)Oc2ccc(Br)cc2)CC1. The van der Waals surface area contributed by atoms with E-state index >= 15 is 0 Å². The monoisotopic (exact) mass is 354 g/mol. The van der Waals surface area contributed by atoms with Crippen molar-refractivity contribution in [2.75, 3.05) is 20.1 Å². The molecule has 1 aliphatic rings. The van der Waals surface area contributed by atoms with Crippen LogP contribution in [-0.2, 0) is 4.79 Å². The molecular formula is C16H23BrN2O2. The summed E-state index contributed by atoms with van der Waals surface area (Å²) in [5.74, 6) is 0.640. The number of likely N-dealkylation sites (tertiary alicyclic amines) is 1. The van der Waals surface area contributed by atoms with Gasteiger partial charge in [-0.25, -0.2) is 0 Å². The highest BCUT2D eigenvalue weighted by atomic mass is 79.9. The number of piperidine rings is 1. The summed E-state index contributed by atoms with van der Waals surface area (Å²) in [6.45, 7) is 5.66. The standard InChI is InChI=1S/C16H23BrN2O2/c1-16(2,21-14-6-4-12(17)5-7-14)15(20)18-13-8-10-19(3)11-9-13/h4-7,13H,8-11H2,1-3H3,(H,18,20). The van der Waals surface area contributed by atoms with Crippen LogP contribution in [0.1, 0.15) is 26.7 Å². The largest absolute Gasteiger partial charge is 0.478 e. The first-order chi connectivity index (χ1) is 9.87. The normalized spacial score (nSPS) is 17.5. The number of nitrogens with one attached hydrogen (secondary N) is 1. The molecule has 1 amide bonds. The van der Waals surface area contributed by atoms with E-state index in [-0.39, 0.29) is 11.9 Å². The third-order valence-corrected chi connectivity index (χ3v) is 4.32. The summed E-state index contributed by atoms with van der Waals surface area (Å²) in [5, 5.41) is 3.11. The molecule has 1 aromatic carbocycles. The van der Waals surface area contributed by atoms with Crippen molar-refractivity contribution in [3.05, 3.63) is 28.7 Å². The Morgan fingerprint density at radius 1 is 1.29 bits per heavy atom. The number of ether oxygens (including phenoxy) is 1. The zero-order chi connectivity index (χ0) is 15.5. The molecule has 2 rings (SSSR count). The minimum atomic E-state index is -0.878. The van der Waals surface area contributed by atoms with Crippen molar-refractivity contribution in [1.29, 1.82) is 0 Å². The molecule has 0 aliphatic carbocycles. The van der Waals surface area contributed by atoms with Crippen LogP contribution < -0.4 is 10.1 Å². The van der Waals surface area contributed by atoms with Crippen LogP contribution in [0.2, 0.25) is 0 Å². The van der Waals surface area contributed by atoms with E-state index in [1.54, 1.807) is 13.8 Å². The maximum absolute atomic E-state index is 12.4. The number of benzene rings is 1. The Morgan fingerprint density at radius 3 is 2.43 bits per heavy atom. The van der Waals surface area contributed by atoms with Crippen LogP contribution in [0, 0.1) is 0 Å². The molecule has 1 fully saturated rings. The van der Waals surface area contributed by atoms with Gasteiger partial charge < -0.3 is 15.0 Å². The molecule has 0 atom stereocenters. The van der Waals surface area contributed by atoms with Crippen LogP contribution in [0.25, 0.3) is 0 Å². The number of carbonyl (C=O) groups is 1. The number of hydrogen-bond donors (Lipinski definition) is 1. The van der Waals surface area contributed by atoms with Crippen molar-refractivity contribution in [2.24, 2.45) is 0 Å². The van der Waals surface area contributed by atoms with E-state index in [0.29, 0.717) is 5.75 Å². The van der Waals surface area contributed by atoms with Crippen LogP contribution in [0.5, 0.6) is 5.75 Å². The summed E-state index contributed by atoms with van der Waals surface area (Å²) in [5.41, 5.74) is -0.878. The van der Waals surface area contributed by atoms with E-state index in [4.69, 9.17) is 4.74 Å². The first-order valence-corrected chi connectivity index (χ1v) is 8.10.